The molecule has 6 nitrogen and oxygen atoms in total. The maximum Gasteiger partial charge on any atom is 0.134 e. The van der Waals surface area contributed by atoms with E-state index in [2.05, 4.69) is 43.5 Å². The van der Waals surface area contributed by atoms with E-state index in [1.165, 1.54) is 18.4 Å². The second-order valence-corrected chi connectivity index (χ2v) is 5.92. The third kappa shape index (κ3) is 3.76. The number of aromatic nitrogens is 3. The minimum Gasteiger partial charge on any atom is -0.373 e. The molecular weight excluding hydrogens is 288 g/mol. The van der Waals surface area contributed by atoms with Gasteiger partial charge in [0, 0.05) is 50.7 Å². The monoisotopic (exact) mass is 312 g/mol. The van der Waals surface area contributed by atoms with Crippen molar-refractivity contribution in [3.8, 4) is 0 Å². The smallest absolute Gasteiger partial charge is 0.134 e. The van der Waals surface area contributed by atoms with Gasteiger partial charge in [-0.2, -0.15) is 0 Å². The standard InChI is InChI=1S/C17H24N6/c1-13(14-5-3-7-19-10-14)20-11-15-6-4-8-23(15)17-9-16(18-2)21-12-22-17/h3,5,7,9-10,12-13,15,20H,4,6,8,11H2,1-2H3,(H,18,21,22). The van der Waals surface area contributed by atoms with Crippen LogP contribution in [0, 0.1) is 0 Å². The molecule has 2 unspecified atom stereocenters. The van der Waals surface area contributed by atoms with Gasteiger partial charge in [0.2, 0.25) is 0 Å². The van der Waals surface area contributed by atoms with Crippen LogP contribution in [0.4, 0.5) is 11.6 Å². The van der Waals surface area contributed by atoms with Crippen molar-refractivity contribution in [3.63, 3.8) is 0 Å². The summed E-state index contributed by atoms with van der Waals surface area (Å²) in [7, 11) is 1.88. The third-order valence-electron chi connectivity index (χ3n) is 4.42. The van der Waals surface area contributed by atoms with E-state index in [-0.39, 0.29) is 0 Å². The van der Waals surface area contributed by atoms with Gasteiger partial charge in [-0.3, -0.25) is 4.98 Å². The number of rotatable bonds is 6. The summed E-state index contributed by atoms with van der Waals surface area (Å²) in [4.78, 5) is 15.2. The molecule has 1 saturated heterocycles. The Morgan fingerprint density at radius 1 is 1.39 bits per heavy atom. The lowest BCUT2D eigenvalue weighted by Gasteiger charge is -2.27. The van der Waals surface area contributed by atoms with Gasteiger partial charge < -0.3 is 15.5 Å². The number of nitrogens with one attached hydrogen (secondary N) is 2. The number of nitrogens with zero attached hydrogens (tertiary/aromatic N) is 4. The molecule has 0 radical (unpaired) electrons. The fourth-order valence-electron chi connectivity index (χ4n) is 3.05. The van der Waals surface area contributed by atoms with Crippen LogP contribution in [0.5, 0.6) is 0 Å². The predicted molar refractivity (Wildman–Crippen MR) is 92.6 cm³/mol. The lowest BCUT2D eigenvalue weighted by atomic mass is 10.1. The minimum atomic E-state index is 0.296. The van der Waals surface area contributed by atoms with Crippen molar-refractivity contribution in [1.82, 2.24) is 20.3 Å². The fraction of sp³-hybridized carbons (Fsp3) is 0.471. The molecule has 1 aliphatic heterocycles. The van der Waals surface area contributed by atoms with E-state index >= 15 is 0 Å². The van der Waals surface area contributed by atoms with Gasteiger partial charge in [-0.1, -0.05) is 6.07 Å². The molecule has 0 bridgehead atoms. The first-order valence-electron chi connectivity index (χ1n) is 8.17. The van der Waals surface area contributed by atoms with Crippen LogP contribution in [-0.2, 0) is 0 Å². The Bertz CT molecular complexity index is 617. The molecule has 2 aromatic rings. The molecule has 1 fully saturated rings. The van der Waals surface area contributed by atoms with Gasteiger partial charge in [-0.05, 0) is 31.4 Å². The fourth-order valence-corrected chi connectivity index (χ4v) is 3.05. The van der Waals surface area contributed by atoms with Crippen molar-refractivity contribution in [2.75, 3.05) is 30.4 Å². The molecule has 3 heterocycles. The zero-order chi connectivity index (χ0) is 16.1. The summed E-state index contributed by atoms with van der Waals surface area (Å²) in [6, 6.07) is 6.87. The molecule has 23 heavy (non-hydrogen) atoms. The van der Waals surface area contributed by atoms with Gasteiger partial charge in [0.25, 0.3) is 0 Å². The van der Waals surface area contributed by atoms with Gasteiger partial charge >= 0.3 is 0 Å². The van der Waals surface area contributed by atoms with Gasteiger partial charge in [-0.25, -0.2) is 9.97 Å². The summed E-state index contributed by atoms with van der Waals surface area (Å²) in [5.74, 6) is 1.86. The van der Waals surface area contributed by atoms with Crippen molar-refractivity contribution in [2.45, 2.75) is 31.8 Å². The van der Waals surface area contributed by atoms with Crippen LogP contribution >= 0.6 is 0 Å². The molecule has 0 saturated carbocycles. The molecule has 3 rings (SSSR count). The van der Waals surface area contributed by atoms with Crippen LogP contribution in [0.2, 0.25) is 0 Å². The number of hydrogen-bond acceptors (Lipinski definition) is 6. The van der Waals surface area contributed by atoms with Crippen LogP contribution in [-0.4, -0.2) is 41.1 Å². The number of hydrogen-bond donors (Lipinski definition) is 2. The first-order valence-corrected chi connectivity index (χ1v) is 8.17. The van der Waals surface area contributed by atoms with Crippen LogP contribution in [0.25, 0.3) is 0 Å². The second-order valence-electron chi connectivity index (χ2n) is 5.92. The van der Waals surface area contributed by atoms with E-state index in [1.54, 1.807) is 6.33 Å². The van der Waals surface area contributed by atoms with E-state index < -0.39 is 0 Å². The molecule has 2 N–H and O–H groups in total. The van der Waals surface area contributed by atoms with Crippen molar-refractivity contribution >= 4 is 11.6 Å². The van der Waals surface area contributed by atoms with Crippen LogP contribution in [0.3, 0.4) is 0 Å². The molecule has 0 aromatic carbocycles. The molecule has 0 spiro atoms. The summed E-state index contributed by atoms with van der Waals surface area (Å²) in [5, 5.41) is 6.71. The van der Waals surface area contributed by atoms with Crippen LogP contribution in [0.1, 0.15) is 31.4 Å². The van der Waals surface area contributed by atoms with Gasteiger partial charge in [0.05, 0.1) is 0 Å². The van der Waals surface area contributed by atoms with Gasteiger partial charge in [0.1, 0.15) is 18.0 Å². The molecule has 122 valence electrons. The first-order chi connectivity index (χ1) is 11.3. The Labute approximate surface area is 137 Å². The summed E-state index contributed by atoms with van der Waals surface area (Å²) in [5.41, 5.74) is 1.22. The Morgan fingerprint density at radius 3 is 3.09 bits per heavy atom. The highest BCUT2D eigenvalue weighted by atomic mass is 15.3. The normalized spacial score (nSPS) is 18.9. The van der Waals surface area contributed by atoms with Crippen LogP contribution < -0.4 is 15.5 Å². The Hall–Kier alpha value is -2.21. The van der Waals surface area contributed by atoms with Crippen molar-refractivity contribution < 1.29 is 0 Å². The Kier molecular flexibility index (Phi) is 5.02. The van der Waals surface area contributed by atoms with E-state index in [4.69, 9.17) is 0 Å². The maximum atomic E-state index is 4.44. The van der Waals surface area contributed by atoms with Crippen molar-refractivity contribution in [2.24, 2.45) is 0 Å². The SMILES string of the molecule is CNc1cc(N2CCCC2CNC(C)c2cccnc2)ncn1. The zero-order valence-electron chi connectivity index (χ0n) is 13.7. The lowest BCUT2D eigenvalue weighted by molar-refractivity contribution is 0.512. The highest BCUT2D eigenvalue weighted by molar-refractivity contribution is 5.49. The average Bonchev–Trinajstić information content (AvgIpc) is 3.09. The van der Waals surface area contributed by atoms with Crippen molar-refractivity contribution in [3.05, 3.63) is 42.5 Å². The predicted octanol–water partition coefficient (Wildman–Crippen LogP) is 2.23. The largest absolute Gasteiger partial charge is 0.373 e. The highest BCUT2D eigenvalue weighted by Gasteiger charge is 2.26. The average molecular weight is 312 g/mol. The first kappa shape index (κ1) is 15.7. The van der Waals surface area contributed by atoms with Crippen LogP contribution in [0.15, 0.2) is 36.9 Å². The summed E-state index contributed by atoms with van der Waals surface area (Å²) >= 11 is 0. The summed E-state index contributed by atoms with van der Waals surface area (Å²) in [6.45, 7) is 4.17. The lowest BCUT2D eigenvalue weighted by Crippen LogP contribution is -2.39. The zero-order valence-corrected chi connectivity index (χ0v) is 13.7. The quantitative estimate of drug-likeness (QED) is 0.853. The van der Waals surface area contributed by atoms with Gasteiger partial charge in [0.15, 0.2) is 0 Å². The summed E-state index contributed by atoms with van der Waals surface area (Å²) < 4.78 is 0. The molecule has 2 aromatic heterocycles. The summed E-state index contributed by atoms with van der Waals surface area (Å²) in [6.07, 6.45) is 7.75. The van der Waals surface area contributed by atoms with E-state index in [0.29, 0.717) is 12.1 Å². The molecule has 0 aliphatic carbocycles. The highest BCUT2D eigenvalue weighted by Crippen LogP contribution is 2.25. The van der Waals surface area contributed by atoms with Crippen molar-refractivity contribution in [1.29, 1.82) is 0 Å². The van der Waals surface area contributed by atoms with Gasteiger partial charge in [-0.15, -0.1) is 0 Å². The molecule has 6 heteroatoms. The van der Waals surface area contributed by atoms with E-state index in [9.17, 15) is 0 Å². The topological polar surface area (TPSA) is 66.0 Å². The third-order valence-corrected chi connectivity index (χ3v) is 4.42. The molecule has 0 amide bonds. The van der Waals surface area contributed by atoms with E-state index in [1.807, 2.05) is 31.6 Å². The minimum absolute atomic E-state index is 0.296. The molecule has 1 aliphatic rings. The maximum absolute atomic E-state index is 4.44. The van der Waals surface area contributed by atoms with E-state index in [0.717, 1.165) is 24.7 Å². The number of pyridine rings is 1. The second kappa shape index (κ2) is 7.37. The number of anilines is 2. The Balaban J connectivity index is 1.63. The Morgan fingerprint density at radius 2 is 2.30 bits per heavy atom. The molecule has 2 atom stereocenters. The molecular formula is C17H24N6.